The molecule has 15 heavy (non-hydrogen) atoms. The highest BCUT2D eigenvalue weighted by atomic mass is 79.9. The van der Waals surface area contributed by atoms with Crippen molar-refractivity contribution in [1.29, 1.82) is 5.26 Å². The lowest BCUT2D eigenvalue weighted by Gasteiger charge is -2.14. The fourth-order valence-corrected chi connectivity index (χ4v) is 3.84. The molecule has 0 aliphatic heterocycles. The van der Waals surface area contributed by atoms with Crippen molar-refractivity contribution < 1.29 is 5.11 Å². The van der Waals surface area contributed by atoms with Crippen molar-refractivity contribution in [1.82, 2.24) is 0 Å². The Labute approximate surface area is 113 Å². The molecule has 1 rings (SSSR count). The molecule has 0 heterocycles. The first-order valence-corrected chi connectivity index (χ1v) is 6.35. The van der Waals surface area contributed by atoms with Gasteiger partial charge < -0.3 is 10.8 Å². The van der Waals surface area contributed by atoms with Crippen LogP contribution in [0.3, 0.4) is 0 Å². The topological polar surface area (TPSA) is 70.0 Å². The molecule has 0 saturated carbocycles. The first-order valence-electron chi connectivity index (χ1n) is 3.98. The van der Waals surface area contributed by atoms with Gasteiger partial charge in [-0.25, -0.2) is 0 Å². The number of nitriles is 1. The van der Waals surface area contributed by atoms with E-state index in [4.69, 9.17) is 11.0 Å². The van der Waals surface area contributed by atoms with Gasteiger partial charge >= 0.3 is 0 Å². The van der Waals surface area contributed by atoms with E-state index < -0.39 is 6.04 Å². The summed E-state index contributed by atoms with van der Waals surface area (Å²) in [6.45, 7) is 0. The summed E-state index contributed by atoms with van der Waals surface area (Å²) in [7, 11) is 0. The molecule has 0 aliphatic rings. The maximum absolute atomic E-state index is 9.68. The lowest BCUT2D eigenvalue weighted by atomic mass is 10.1. The third-order valence-corrected chi connectivity index (χ3v) is 3.93. The highest BCUT2D eigenvalue weighted by molar-refractivity contribution is 9.11. The number of rotatable bonds is 2. The summed E-state index contributed by atoms with van der Waals surface area (Å²) >= 11 is 9.80. The molecule has 3 nitrogen and oxygen atoms in total. The van der Waals surface area contributed by atoms with Crippen LogP contribution in [0.1, 0.15) is 18.0 Å². The molecule has 1 aromatic rings. The first kappa shape index (κ1) is 13.0. The fraction of sp³-hybridized carbons (Fsp3) is 0.222. The van der Waals surface area contributed by atoms with E-state index in [1.54, 1.807) is 6.07 Å². The summed E-state index contributed by atoms with van der Waals surface area (Å²) in [4.78, 5) is 0. The van der Waals surface area contributed by atoms with Gasteiger partial charge in [-0.1, -0.05) is 15.9 Å². The Kier molecular flexibility index (Phi) is 4.59. The van der Waals surface area contributed by atoms with Gasteiger partial charge in [-0.2, -0.15) is 5.26 Å². The normalized spacial score (nSPS) is 12.2. The lowest BCUT2D eigenvalue weighted by molar-refractivity contribution is 0.466. The number of nitrogens with zero attached hydrogens (tertiary/aromatic N) is 1. The van der Waals surface area contributed by atoms with E-state index in [1.807, 2.05) is 6.07 Å². The minimum atomic E-state index is -0.433. The largest absolute Gasteiger partial charge is 0.506 e. The van der Waals surface area contributed by atoms with Gasteiger partial charge in [0.25, 0.3) is 0 Å². The molecule has 0 saturated heterocycles. The van der Waals surface area contributed by atoms with Crippen LogP contribution in [0.2, 0.25) is 0 Å². The monoisotopic (exact) mass is 396 g/mol. The Balaban J connectivity index is 3.30. The summed E-state index contributed by atoms with van der Waals surface area (Å²) in [5, 5.41) is 18.2. The van der Waals surface area contributed by atoms with Crippen LogP contribution in [-0.2, 0) is 0 Å². The van der Waals surface area contributed by atoms with E-state index in [0.29, 0.717) is 14.5 Å². The van der Waals surface area contributed by atoms with Crippen molar-refractivity contribution in [3.8, 4) is 11.8 Å². The second kappa shape index (κ2) is 5.30. The Hall–Kier alpha value is -0.0900. The third-order valence-electron chi connectivity index (χ3n) is 1.86. The minimum absolute atomic E-state index is 0.0848. The number of aromatic hydroxyl groups is 1. The molecule has 6 heteroatoms. The van der Waals surface area contributed by atoms with Crippen molar-refractivity contribution in [2.75, 3.05) is 0 Å². The second-order valence-electron chi connectivity index (χ2n) is 2.89. The van der Waals surface area contributed by atoms with Crippen molar-refractivity contribution in [3.05, 3.63) is 25.0 Å². The SMILES string of the molecule is N#CC[C@H](N)c1c(Br)cc(Br)c(O)c1Br. The second-order valence-corrected chi connectivity index (χ2v) is 5.39. The summed E-state index contributed by atoms with van der Waals surface area (Å²) in [6, 6.07) is 3.26. The molecule has 0 radical (unpaired) electrons. The molecule has 3 N–H and O–H groups in total. The van der Waals surface area contributed by atoms with Crippen LogP contribution in [-0.4, -0.2) is 5.11 Å². The van der Waals surface area contributed by atoms with Crippen LogP contribution < -0.4 is 5.73 Å². The molecule has 1 aromatic carbocycles. The fourth-order valence-electron chi connectivity index (χ4n) is 1.13. The van der Waals surface area contributed by atoms with Crippen LogP contribution >= 0.6 is 47.8 Å². The minimum Gasteiger partial charge on any atom is -0.506 e. The van der Waals surface area contributed by atoms with E-state index in [9.17, 15) is 5.11 Å². The molecule has 0 aromatic heterocycles. The van der Waals surface area contributed by atoms with Gasteiger partial charge in [0.2, 0.25) is 0 Å². The first-order chi connectivity index (χ1) is 6.99. The number of hydrogen-bond donors (Lipinski definition) is 2. The quantitative estimate of drug-likeness (QED) is 0.799. The summed E-state index contributed by atoms with van der Waals surface area (Å²) in [5.41, 5.74) is 6.51. The molecule has 0 unspecified atom stereocenters. The van der Waals surface area contributed by atoms with Crippen molar-refractivity contribution in [2.45, 2.75) is 12.5 Å². The number of halogens is 3. The summed E-state index contributed by atoms with van der Waals surface area (Å²) < 4.78 is 1.82. The Morgan fingerprint density at radius 3 is 2.53 bits per heavy atom. The van der Waals surface area contributed by atoms with Crippen LogP contribution in [0.4, 0.5) is 0 Å². The zero-order valence-electron chi connectivity index (χ0n) is 7.47. The maximum Gasteiger partial charge on any atom is 0.144 e. The molecule has 0 fully saturated rings. The molecule has 0 aliphatic carbocycles. The van der Waals surface area contributed by atoms with Crippen LogP contribution in [0, 0.1) is 11.3 Å². The predicted molar refractivity (Wildman–Crippen MR) is 68.4 cm³/mol. The lowest BCUT2D eigenvalue weighted by Crippen LogP contribution is -2.11. The Bertz CT molecular complexity index is 428. The smallest absolute Gasteiger partial charge is 0.144 e. The molecule has 0 amide bonds. The highest BCUT2D eigenvalue weighted by Crippen LogP contribution is 2.42. The Morgan fingerprint density at radius 2 is 2.00 bits per heavy atom. The van der Waals surface area contributed by atoms with Crippen molar-refractivity contribution in [3.63, 3.8) is 0 Å². The van der Waals surface area contributed by atoms with E-state index in [1.165, 1.54) is 0 Å². The van der Waals surface area contributed by atoms with E-state index in [-0.39, 0.29) is 12.2 Å². The average Bonchev–Trinajstić information content (AvgIpc) is 2.15. The zero-order chi connectivity index (χ0) is 11.6. The van der Waals surface area contributed by atoms with Crippen LogP contribution in [0.25, 0.3) is 0 Å². The number of hydrogen-bond acceptors (Lipinski definition) is 3. The van der Waals surface area contributed by atoms with Gasteiger partial charge in [0.1, 0.15) is 5.75 Å². The number of phenolic OH excluding ortho intramolecular Hbond substituents is 1. The van der Waals surface area contributed by atoms with E-state index >= 15 is 0 Å². The van der Waals surface area contributed by atoms with E-state index in [2.05, 4.69) is 47.8 Å². The maximum atomic E-state index is 9.68. The van der Waals surface area contributed by atoms with Gasteiger partial charge in [-0.05, 0) is 37.9 Å². The molecule has 1 atom stereocenters. The van der Waals surface area contributed by atoms with E-state index in [0.717, 1.165) is 4.47 Å². The molecule has 0 bridgehead atoms. The summed E-state index contributed by atoms with van der Waals surface area (Å²) in [6.07, 6.45) is 0.193. The summed E-state index contributed by atoms with van der Waals surface area (Å²) in [5.74, 6) is 0.0848. The van der Waals surface area contributed by atoms with Gasteiger partial charge in [-0.15, -0.1) is 0 Å². The Morgan fingerprint density at radius 1 is 1.40 bits per heavy atom. The zero-order valence-corrected chi connectivity index (χ0v) is 12.2. The van der Waals surface area contributed by atoms with Crippen LogP contribution in [0.5, 0.6) is 5.75 Å². The van der Waals surface area contributed by atoms with Gasteiger partial charge in [0, 0.05) is 16.1 Å². The number of nitrogens with two attached hydrogens (primary N) is 1. The molecular formula is C9H7Br3N2O. The van der Waals surface area contributed by atoms with Crippen molar-refractivity contribution in [2.24, 2.45) is 5.73 Å². The third kappa shape index (κ3) is 2.72. The van der Waals surface area contributed by atoms with Gasteiger partial charge in [0.05, 0.1) is 21.4 Å². The molecule has 0 spiro atoms. The highest BCUT2D eigenvalue weighted by Gasteiger charge is 2.18. The standard InChI is InChI=1S/C9H7Br3N2O/c10-4-3-5(11)9(15)8(12)7(4)6(14)1-2-13/h3,6,15H,1,14H2/t6-/m0/s1. The number of benzene rings is 1. The number of phenols is 1. The van der Waals surface area contributed by atoms with Gasteiger partial charge in [0.15, 0.2) is 0 Å². The van der Waals surface area contributed by atoms with Gasteiger partial charge in [-0.3, -0.25) is 0 Å². The molecule has 80 valence electrons. The van der Waals surface area contributed by atoms with Crippen molar-refractivity contribution >= 4 is 47.8 Å². The predicted octanol–water partition coefficient (Wildman–Crippen LogP) is 3.59. The average molecular weight is 399 g/mol. The molecular weight excluding hydrogens is 392 g/mol. The van der Waals surface area contributed by atoms with Crippen LogP contribution in [0.15, 0.2) is 19.5 Å².